The monoisotopic (exact) mass is 317 g/mol. The van der Waals surface area contributed by atoms with Crippen molar-refractivity contribution in [3.63, 3.8) is 0 Å². The van der Waals surface area contributed by atoms with Crippen molar-refractivity contribution >= 4 is 18.0 Å². The Morgan fingerprint density at radius 1 is 1.05 bits per heavy atom. The molecule has 0 saturated heterocycles. The first kappa shape index (κ1) is 20.2. The molecule has 0 radical (unpaired) electrons. The number of rotatable bonds is 7. The predicted molar refractivity (Wildman–Crippen MR) is 80.2 cm³/mol. The molecule has 22 heavy (non-hydrogen) atoms. The minimum Gasteiger partial charge on any atom is -0.469 e. The molecule has 0 saturated carbocycles. The van der Waals surface area contributed by atoms with Crippen molar-refractivity contribution in [1.82, 2.24) is 5.32 Å². The van der Waals surface area contributed by atoms with Gasteiger partial charge in [-0.15, -0.1) is 0 Å². The molecule has 7 heteroatoms. The molecule has 0 rings (SSSR count). The molecule has 1 amide bonds. The number of alkyl carbamates (subject to hydrolysis) is 1. The van der Waals surface area contributed by atoms with Crippen molar-refractivity contribution in [2.75, 3.05) is 14.2 Å². The van der Waals surface area contributed by atoms with Crippen molar-refractivity contribution < 1.29 is 28.6 Å². The van der Waals surface area contributed by atoms with Crippen LogP contribution in [-0.4, -0.2) is 43.9 Å². The van der Waals surface area contributed by atoms with E-state index in [4.69, 9.17) is 9.47 Å². The van der Waals surface area contributed by atoms with Crippen molar-refractivity contribution in [3.05, 3.63) is 0 Å². The van der Waals surface area contributed by atoms with Crippen molar-refractivity contribution in [2.45, 2.75) is 58.6 Å². The van der Waals surface area contributed by atoms with Crippen molar-refractivity contribution in [1.29, 1.82) is 0 Å². The second kappa shape index (κ2) is 9.27. The molecule has 0 aliphatic rings. The molecule has 0 aromatic heterocycles. The Bertz CT molecular complexity index is 388. The molecule has 0 spiro atoms. The van der Waals surface area contributed by atoms with E-state index < -0.39 is 35.6 Å². The van der Waals surface area contributed by atoms with Crippen LogP contribution in [0.2, 0.25) is 0 Å². The lowest BCUT2D eigenvalue weighted by Crippen LogP contribution is -2.45. The highest BCUT2D eigenvalue weighted by Gasteiger charge is 2.30. The standard InChI is InChI=1S/C15H27NO6/c1-7-8-10(12(17)20-5)9-11(13(18)21-6)16-14(19)22-15(2,3)4/h10-11H,7-9H2,1-6H3,(H,16,19)/t10-,11-/m0/s1. The normalized spacial score (nSPS) is 13.7. The van der Waals surface area contributed by atoms with Crippen LogP contribution < -0.4 is 5.32 Å². The van der Waals surface area contributed by atoms with Gasteiger partial charge < -0.3 is 19.5 Å². The molecule has 0 aromatic carbocycles. The minimum atomic E-state index is -0.963. The highest BCUT2D eigenvalue weighted by atomic mass is 16.6. The Kier molecular flexibility index (Phi) is 8.52. The van der Waals surface area contributed by atoms with Gasteiger partial charge in [0.15, 0.2) is 0 Å². The van der Waals surface area contributed by atoms with Crippen LogP contribution in [-0.2, 0) is 23.8 Å². The molecule has 0 aliphatic carbocycles. The van der Waals surface area contributed by atoms with Gasteiger partial charge in [-0.3, -0.25) is 4.79 Å². The lowest BCUT2D eigenvalue weighted by molar-refractivity contribution is -0.148. The SMILES string of the molecule is CCC[C@@H](C[C@H](NC(=O)OC(C)(C)C)C(=O)OC)C(=O)OC. The first-order valence-corrected chi connectivity index (χ1v) is 7.29. The number of ether oxygens (including phenoxy) is 3. The Morgan fingerprint density at radius 2 is 1.59 bits per heavy atom. The number of amides is 1. The number of hydrogen-bond acceptors (Lipinski definition) is 6. The van der Waals surface area contributed by atoms with Crippen molar-refractivity contribution in [3.8, 4) is 0 Å². The summed E-state index contributed by atoms with van der Waals surface area (Å²) >= 11 is 0. The van der Waals surface area contributed by atoms with E-state index in [-0.39, 0.29) is 6.42 Å². The fourth-order valence-electron chi connectivity index (χ4n) is 1.94. The molecule has 1 N–H and O–H groups in total. The fourth-order valence-corrected chi connectivity index (χ4v) is 1.94. The number of methoxy groups -OCH3 is 2. The maximum absolute atomic E-state index is 11.8. The van der Waals surface area contributed by atoms with Gasteiger partial charge in [0.25, 0.3) is 0 Å². The average Bonchev–Trinajstić information content (AvgIpc) is 2.42. The number of carbonyl (C=O) groups excluding carboxylic acids is 3. The molecule has 0 aliphatic heterocycles. The molecule has 0 fully saturated rings. The minimum absolute atomic E-state index is 0.104. The summed E-state index contributed by atoms with van der Waals surface area (Å²) in [4.78, 5) is 35.4. The van der Waals surface area contributed by atoms with Gasteiger partial charge >= 0.3 is 18.0 Å². The summed E-state index contributed by atoms with van der Waals surface area (Å²) in [5.74, 6) is -1.54. The van der Waals surface area contributed by atoms with E-state index in [0.717, 1.165) is 6.42 Å². The van der Waals surface area contributed by atoms with Gasteiger partial charge in [-0.1, -0.05) is 13.3 Å². The third-order valence-corrected chi connectivity index (χ3v) is 2.87. The van der Waals surface area contributed by atoms with Gasteiger partial charge in [-0.05, 0) is 33.6 Å². The van der Waals surface area contributed by atoms with Gasteiger partial charge in [-0.2, -0.15) is 0 Å². The smallest absolute Gasteiger partial charge is 0.408 e. The van der Waals surface area contributed by atoms with E-state index in [1.807, 2.05) is 6.92 Å². The van der Waals surface area contributed by atoms with E-state index in [2.05, 4.69) is 10.1 Å². The zero-order valence-electron chi connectivity index (χ0n) is 14.2. The molecular formula is C15H27NO6. The van der Waals surface area contributed by atoms with Crippen LogP contribution in [0.4, 0.5) is 4.79 Å². The largest absolute Gasteiger partial charge is 0.469 e. The molecular weight excluding hydrogens is 290 g/mol. The Hall–Kier alpha value is -1.79. The molecule has 7 nitrogen and oxygen atoms in total. The summed E-state index contributed by atoms with van der Waals surface area (Å²) < 4.78 is 14.5. The summed E-state index contributed by atoms with van der Waals surface area (Å²) in [6, 6.07) is -0.963. The summed E-state index contributed by atoms with van der Waals surface area (Å²) in [5, 5.41) is 2.45. The molecule has 0 bridgehead atoms. The van der Waals surface area contributed by atoms with Gasteiger partial charge in [0.2, 0.25) is 0 Å². The Labute approximate surface area is 131 Å². The predicted octanol–water partition coefficient (Wildman–Crippen LogP) is 2.03. The third kappa shape index (κ3) is 7.85. The van der Waals surface area contributed by atoms with Gasteiger partial charge in [-0.25, -0.2) is 9.59 Å². The fraction of sp³-hybridized carbons (Fsp3) is 0.800. The average molecular weight is 317 g/mol. The summed E-state index contributed by atoms with van der Waals surface area (Å²) in [6.07, 6.45) is 0.672. The number of carbonyl (C=O) groups is 3. The molecule has 128 valence electrons. The van der Waals surface area contributed by atoms with E-state index in [0.29, 0.717) is 6.42 Å². The van der Waals surface area contributed by atoms with Crippen LogP contribution in [0.25, 0.3) is 0 Å². The van der Waals surface area contributed by atoms with Crippen molar-refractivity contribution in [2.24, 2.45) is 5.92 Å². The van der Waals surface area contributed by atoms with Crippen LogP contribution in [0.5, 0.6) is 0 Å². The molecule has 2 atom stereocenters. The first-order chi connectivity index (χ1) is 10.1. The zero-order valence-corrected chi connectivity index (χ0v) is 14.2. The Morgan fingerprint density at radius 3 is 2.00 bits per heavy atom. The number of nitrogens with one attached hydrogen (secondary N) is 1. The first-order valence-electron chi connectivity index (χ1n) is 7.29. The van der Waals surface area contributed by atoms with E-state index in [1.165, 1.54) is 14.2 Å². The quantitative estimate of drug-likeness (QED) is 0.570. The Balaban J connectivity index is 4.93. The second-order valence-electron chi connectivity index (χ2n) is 5.97. The lowest BCUT2D eigenvalue weighted by Gasteiger charge is -2.24. The molecule has 0 heterocycles. The van der Waals surface area contributed by atoms with E-state index >= 15 is 0 Å². The van der Waals surface area contributed by atoms with Crippen LogP contribution in [0.1, 0.15) is 47.0 Å². The molecule has 0 unspecified atom stereocenters. The van der Waals surface area contributed by atoms with Crippen LogP contribution in [0.15, 0.2) is 0 Å². The maximum atomic E-state index is 11.8. The summed E-state index contributed by atoms with van der Waals surface area (Å²) in [5.41, 5.74) is -0.685. The van der Waals surface area contributed by atoms with E-state index in [1.54, 1.807) is 20.8 Å². The van der Waals surface area contributed by atoms with E-state index in [9.17, 15) is 14.4 Å². The van der Waals surface area contributed by atoms with Crippen LogP contribution in [0, 0.1) is 5.92 Å². The highest BCUT2D eigenvalue weighted by Crippen LogP contribution is 2.17. The topological polar surface area (TPSA) is 90.9 Å². The summed E-state index contributed by atoms with van der Waals surface area (Å²) in [6.45, 7) is 7.07. The van der Waals surface area contributed by atoms with Gasteiger partial charge in [0.1, 0.15) is 11.6 Å². The second-order valence-corrected chi connectivity index (χ2v) is 5.97. The summed E-state index contributed by atoms with van der Waals surface area (Å²) in [7, 11) is 2.51. The van der Waals surface area contributed by atoms with Crippen LogP contribution >= 0.6 is 0 Å². The van der Waals surface area contributed by atoms with Crippen LogP contribution in [0.3, 0.4) is 0 Å². The maximum Gasteiger partial charge on any atom is 0.408 e. The third-order valence-electron chi connectivity index (χ3n) is 2.87. The zero-order chi connectivity index (χ0) is 17.3. The number of esters is 2. The molecule has 0 aromatic rings. The highest BCUT2D eigenvalue weighted by molar-refractivity contribution is 5.82. The van der Waals surface area contributed by atoms with Gasteiger partial charge in [0.05, 0.1) is 20.1 Å². The number of hydrogen-bond donors (Lipinski definition) is 1. The van der Waals surface area contributed by atoms with Gasteiger partial charge in [0, 0.05) is 0 Å². The lowest BCUT2D eigenvalue weighted by atomic mass is 9.95.